The summed E-state index contributed by atoms with van der Waals surface area (Å²) < 4.78 is 0. The first kappa shape index (κ1) is 12.8. The molecule has 20 heavy (non-hydrogen) atoms. The van der Waals surface area contributed by atoms with Gasteiger partial charge in [-0.05, 0) is 41.0 Å². The Hall–Kier alpha value is -2.25. The molecule has 0 aliphatic carbocycles. The SMILES string of the molecule is Oc1ccccc1-c1cccc(-c2ccc(Cl)cc2)c1. The van der Waals surface area contributed by atoms with E-state index in [9.17, 15) is 5.11 Å². The minimum absolute atomic E-state index is 0.292. The average Bonchev–Trinajstić information content (AvgIpc) is 2.49. The van der Waals surface area contributed by atoms with Crippen molar-refractivity contribution in [2.24, 2.45) is 0 Å². The fourth-order valence-electron chi connectivity index (χ4n) is 2.23. The average molecular weight is 281 g/mol. The Morgan fingerprint density at radius 1 is 0.650 bits per heavy atom. The van der Waals surface area contributed by atoms with Crippen LogP contribution >= 0.6 is 11.6 Å². The largest absolute Gasteiger partial charge is 0.507 e. The molecule has 0 bridgehead atoms. The Kier molecular flexibility index (Phi) is 3.44. The second-order valence-electron chi connectivity index (χ2n) is 4.60. The first-order chi connectivity index (χ1) is 9.74. The van der Waals surface area contributed by atoms with E-state index in [-0.39, 0.29) is 0 Å². The lowest BCUT2D eigenvalue weighted by atomic mass is 9.99. The Labute approximate surface area is 123 Å². The minimum Gasteiger partial charge on any atom is -0.507 e. The van der Waals surface area contributed by atoms with Gasteiger partial charge in [0.2, 0.25) is 0 Å². The molecule has 0 saturated heterocycles. The quantitative estimate of drug-likeness (QED) is 0.668. The second kappa shape index (κ2) is 5.40. The van der Waals surface area contributed by atoms with Crippen molar-refractivity contribution in [2.75, 3.05) is 0 Å². The molecule has 0 aliphatic heterocycles. The van der Waals surface area contributed by atoms with Crippen LogP contribution in [0.1, 0.15) is 0 Å². The maximum atomic E-state index is 9.94. The molecule has 2 heteroatoms. The highest BCUT2D eigenvalue weighted by atomic mass is 35.5. The number of benzene rings is 3. The lowest BCUT2D eigenvalue weighted by molar-refractivity contribution is 0.477. The molecular weight excluding hydrogens is 268 g/mol. The fraction of sp³-hybridized carbons (Fsp3) is 0. The van der Waals surface area contributed by atoms with Gasteiger partial charge in [-0.2, -0.15) is 0 Å². The van der Waals surface area contributed by atoms with Gasteiger partial charge in [0.25, 0.3) is 0 Å². The van der Waals surface area contributed by atoms with Gasteiger partial charge >= 0.3 is 0 Å². The number of aromatic hydroxyl groups is 1. The molecule has 3 rings (SSSR count). The monoisotopic (exact) mass is 280 g/mol. The van der Waals surface area contributed by atoms with Crippen molar-refractivity contribution >= 4 is 11.6 Å². The molecule has 0 aliphatic rings. The third-order valence-corrected chi connectivity index (χ3v) is 3.51. The summed E-state index contributed by atoms with van der Waals surface area (Å²) in [5.41, 5.74) is 4.04. The topological polar surface area (TPSA) is 20.2 Å². The Bertz CT molecular complexity index is 732. The second-order valence-corrected chi connectivity index (χ2v) is 5.04. The maximum absolute atomic E-state index is 9.94. The van der Waals surface area contributed by atoms with Gasteiger partial charge < -0.3 is 5.11 Å². The van der Waals surface area contributed by atoms with E-state index in [0.717, 1.165) is 27.3 Å². The summed E-state index contributed by atoms with van der Waals surface area (Å²) >= 11 is 5.91. The summed E-state index contributed by atoms with van der Waals surface area (Å²) in [6, 6.07) is 23.2. The Morgan fingerprint density at radius 2 is 1.35 bits per heavy atom. The van der Waals surface area contributed by atoms with Crippen LogP contribution in [-0.4, -0.2) is 5.11 Å². The van der Waals surface area contributed by atoms with E-state index in [1.807, 2.05) is 60.7 Å². The smallest absolute Gasteiger partial charge is 0.123 e. The molecule has 0 unspecified atom stereocenters. The van der Waals surface area contributed by atoms with Gasteiger partial charge in [-0.3, -0.25) is 0 Å². The Morgan fingerprint density at radius 3 is 2.10 bits per heavy atom. The highest BCUT2D eigenvalue weighted by Crippen LogP contribution is 2.31. The lowest BCUT2D eigenvalue weighted by Crippen LogP contribution is -1.82. The van der Waals surface area contributed by atoms with E-state index in [0.29, 0.717) is 5.75 Å². The van der Waals surface area contributed by atoms with Crippen molar-refractivity contribution in [2.45, 2.75) is 0 Å². The van der Waals surface area contributed by atoms with Crippen LogP contribution in [-0.2, 0) is 0 Å². The van der Waals surface area contributed by atoms with Gasteiger partial charge in [0.15, 0.2) is 0 Å². The van der Waals surface area contributed by atoms with Gasteiger partial charge in [-0.15, -0.1) is 0 Å². The van der Waals surface area contributed by atoms with E-state index in [4.69, 9.17) is 11.6 Å². The standard InChI is InChI=1S/C18H13ClO/c19-16-10-8-13(9-11-16)14-4-3-5-15(12-14)17-6-1-2-7-18(17)20/h1-12,20H. The van der Waals surface area contributed by atoms with Crippen LogP contribution < -0.4 is 0 Å². The molecule has 0 atom stereocenters. The highest BCUT2D eigenvalue weighted by Gasteiger charge is 2.05. The zero-order valence-electron chi connectivity index (χ0n) is 10.8. The van der Waals surface area contributed by atoms with E-state index in [2.05, 4.69) is 6.07 Å². The van der Waals surface area contributed by atoms with Crippen LogP contribution in [0.25, 0.3) is 22.3 Å². The van der Waals surface area contributed by atoms with Crippen LogP contribution in [0.4, 0.5) is 0 Å². The van der Waals surface area contributed by atoms with Crippen molar-refractivity contribution in [1.29, 1.82) is 0 Å². The molecule has 0 radical (unpaired) electrons. The van der Waals surface area contributed by atoms with Gasteiger partial charge in [0, 0.05) is 10.6 Å². The zero-order chi connectivity index (χ0) is 13.9. The highest BCUT2D eigenvalue weighted by molar-refractivity contribution is 6.30. The summed E-state index contributed by atoms with van der Waals surface area (Å²) in [4.78, 5) is 0. The van der Waals surface area contributed by atoms with Gasteiger partial charge in [-0.25, -0.2) is 0 Å². The number of rotatable bonds is 2. The van der Waals surface area contributed by atoms with Crippen LogP contribution in [0.5, 0.6) is 5.75 Å². The fourth-order valence-corrected chi connectivity index (χ4v) is 2.35. The van der Waals surface area contributed by atoms with Crippen molar-refractivity contribution in [1.82, 2.24) is 0 Å². The molecule has 98 valence electrons. The summed E-state index contributed by atoms with van der Waals surface area (Å²) in [5.74, 6) is 0.292. The van der Waals surface area contributed by atoms with Crippen LogP contribution in [0.15, 0.2) is 72.8 Å². The van der Waals surface area contributed by atoms with E-state index in [1.54, 1.807) is 6.07 Å². The number of phenolic OH excluding ortho intramolecular Hbond substituents is 1. The van der Waals surface area contributed by atoms with Crippen LogP contribution in [0.2, 0.25) is 5.02 Å². The summed E-state index contributed by atoms with van der Waals surface area (Å²) in [5, 5.41) is 10.7. The molecular formula is C18H13ClO. The molecule has 3 aromatic carbocycles. The summed E-state index contributed by atoms with van der Waals surface area (Å²) in [6.45, 7) is 0. The van der Waals surface area contributed by atoms with Gasteiger partial charge in [-0.1, -0.05) is 60.1 Å². The van der Waals surface area contributed by atoms with Crippen molar-refractivity contribution in [3.8, 4) is 28.0 Å². The predicted molar refractivity (Wildman–Crippen MR) is 84.0 cm³/mol. The van der Waals surface area contributed by atoms with Crippen LogP contribution in [0.3, 0.4) is 0 Å². The molecule has 1 N–H and O–H groups in total. The Balaban J connectivity index is 2.06. The number of phenols is 1. The number of hydrogen-bond acceptors (Lipinski definition) is 1. The lowest BCUT2D eigenvalue weighted by Gasteiger charge is -2.07. The molecule has 0 spiro atoms. The number of hydrogen-bond donors (Lipinski definition) is 1. The number of para-hydroxylation sites is 1. The molecule has 3 aromatic rings. The van der Waals surface area contributed by atoms with Crippen molar-refractivity contribution in [3.05, 3.63) is 77.8 Å². The van der Waals surface area contributed by atoms with E-state index in [1.165, 1.54) is 0 Å². The normalized spacial score (nSPS) is 10.4. The van der Waals surface area contributed by atoms with E-state index < -0.39 is 0 Å². The first-order valence-electron chi connectivity index (χ1n) is 6.38. The predicted octanol–water partition coefficient (Wildman–Crippen LogP) is 5.38. The van der Waals surface area contributed by atoms with E-state index >= 15 is 0 Å². The first-order valence-corrected chi connectivity index (χ1v) is 6.76. The molecule has 1 nitrogen and oxygen atoms in total. The summed E-state index contributed by atoms with van der Waals surface area (Å²) in [7, 11) is 0. The maximum Gasteiger partial charge on any atom is 0.123 e. The molecule has 0 saturated carbocycles. The van der Waals surface area contributed by atoms with Gasteiger partial charge in [0.1, 0.15) is 5.75 Å². The third-order valence-electron chi connectivity index (χ3n) is 3.26. The van der Waals surface area contributed by atoms with Crippen molar-refractivity contribution < 1.29 is 5.11 Å². The zero-order valence-corrected chi connectivity index (χ0v) is 11.5. The van der Waals surface area contributed by atoms with Crippen molar-refractivity contribution in [3.63, 3.8) is 0 Å². The van der Waals surface area contributed by atoms with Crippen LogP contribution in [0, 0.1) is 0 Å². The van der Waals surface area contributed by atoms with Gasteiger partial charge in [0.05, 0.1) is 0 Å². The molecule has 0 heterocycles. The minimum atomic E-state index is 0.292. The number of halogens is 1. The summed E-state index contributed by atoms with van der Waals surface area (Å²) in [6.07, 6.45) is 0. The molecule has 0 amide bonds. The molecule has 0 aromatic heterocycles. The molecule has 0 fully saturated rings. The third kappa shape index (κ3) is 2.54.